The highest BCUT2D eigenvalue weighted by atomic mass is 19.1. The smallest absolute Gasteiger partial charge is 0.223 e. The number of methoxy groups -OCH3 is 1. The number of carbonyl (C=O) groups is 1. The lowest BCUT2D eigenvalue weighted by atomic mass is 9.91. The highest BCUT2D eigenvalue weighted by Crippen LogP contribution is 2.35. The molecule has 35 heavy (non-hydrogen) atoms. The van der Waals surface area contributed by atoms with Crippen molar-refractivity contribution in [1.29, 1.82) is 0 Å². The summed E-state index contributed by atoms with van der Waals surface area (Å²) in [6.07, 6.45) is 4.16. The summed E-state index contributed by atoms with van der Waals surface area (Å²) in [5.41, 5.74) is 4.48. The Bertz CT molecular complexity index is 1340. The molecule has 0 aliphatic carbocycles. The van der Waals surface area contributed by atoms with Gasteiger partial charge in [-0.25, -0.2) is 9.37 Å². The van der Waals surface area contributed by atoms with Crippen molar-refractivity contribution >= 4 is 17.2 Å². The molecule has 1 aliphatic heterocycles. The molecule has 2 aromatic heterocycles. The van der Waals surface area contributed by atoms with Crippen LogP contribution in [0.3, 0.4) is 0 Å². The average molecular weight is 473 g/mol. The lowest BCUT2D eigenvalue weighted by molar-refractivity contribution is -0.131. The number of ether oxygens (including phenoxy) is 1. The zero-order chi connectivity index (χ0) is 24.4. The molecule has 3 heterocycles. The Balaban J connectivity index is 1.40. The van der Waals surface area contributed by atoms with E-state index >= 15 is 0 Å². The van der Waals surface area contributed by atoms with E-state index < -0.39 is 0 Å². The summed E-state index contributed by atoms with van der Waals surface area (Å²) in [4.78, 5) is 22.0. The summed E-state index contributed by atoms with van der Waals surface area (Å²) >= 11 is 0. The molecule has 4 aromatic rings. The zero-order valence-electron chi connectivity index (χ0n) is 20.0. The van der Waals surface area contributed by atoms with Gasteiger partial charge in [-0.05, 0) is 42.8 Å². The summed E-state index contributed by atoms with van der Waals surface area (Å²) in [7, 11) is 1.65. The first-order valence-corrected chi connectivity index (χ1v) is 11.9. The molecule has 1 unspecified atom stereocenters. The minimum Gasteiger partial charge on any atom is -0.496 e. The monoisotopic (exact) mass is 472 g/mol. The van der Waals surface area contributed by atoms with E-state index in [1.165, 1.54) is 6.07 Å². The number of fused-ring (bicyclic) bond motifs is 1. The Hall–Kier alpha value is -3.87. The second-order valence-corrected chi connectivity index (χ2v) is 8.93. The Morgan fingerprint density at radius 3 is 2.57 bits per heavy atom. The van der Waals surface area contributed by atoms with E-state index in [-0.39, 0.29) is 17.6 Å². The van der Waals surface area contributed by atoms with Crippen LogP contribution < -0.4 is 9.64 Å². The molecule has 1 atom stereocenters. The lowest BCUT2D eigenvalue weighted by Gasteiger charge is -2.36. The first-order valence-electron chi connectivity index (χ1n) is 11.9. The van der Waals surface area contributed by atoms with E-state index in [9.17, 15) is 9.18 Å². The molecule has 0 radical (unpaired) electrons. The van der Waals surface area contributed by atoms with E-state index in [0.29, 0.717) is 38.3 Å². The minimum atomic E-state index is -0.230. The number of halogens is 1. The lowest BCUT2D eigenvalue weighted by Crippen LogP contribution is -2.49. The van der Waals surface area contributed by atoms with Gasteiger partial charge in [-0.3, -0.25) is 4.79 Å². The second-order valence-electron chi connectivity index (χ2n) is 8.93. The predicted octanol–water partition coefficient (Wildman–Crippen LogP) is 4.66. The van der Waals surface area contributed by atoms with Crippen molar-refractivity contribution in [3.63, 3.8) is 0 Å². The highest BCUT2D eigenvalue weighted by Gasteiger charge is 2.29. The number of aromatic nitrogens is 2. The van der Waals surface area contributed by atoms with Crippen molar-refractivity contribution < 1.29 is 13.9 Å². The van der Waals surface area contributed by atoms with E-state index in [4.69, 9.17) is 4.74 Å². The molecule has 0 N–H and O–H groups in total. The number of anilines is 1. The molecule has 1 saturated heterocycles. The molecule has 1 amide bonds. The third kappa shape index (κ3) is 4.58. The number of pyridine rings is 1. The maximum atomic E-state index is 14.2. The van der Waals surface area contributed by atoms with E-state index in [1.807, 2.05) is 76.0 Å². The maximum absolute atomic E-state index is 14.2. The molecule has 180 valence electrons. The summed E-state index contributed by atoms with van der Waals surface area (Å²) in [5, 5.41) is 0. The number of rotatable bonds is 6. The van der Waals surface area contributed by atoms with Gasteiger partial charge < -0.3 is 18.9 Å². The van der Waals surface area contributed by atoms with Gasteiger partial charge in [0.05, 0.1) is 18.5 Å². The fourth-order valence-electron chi connectivity index (χ4n) is 4.90. The van der Waals surface area contributed by atoms with Gasteiger partial charge in [0.1, 0.15) is 17.2 Å². The van der Waals surface area contributed by atoms with Crippen LogP contribution in [0.5, 0.6) is 5.75 Å². The summed E-state index contributed by atoms with van der Waals surface area (Å²) < 4.78 is 21.9. The third-order valence-corrected chi connectivity index (χ3v) is 6.77. The van der Waals surface area contributed by atoms with Gasteiger partial charge in [-0.2, -0.15) is 0 Å². The first kappa shape index (κ1) is 22.9. The van der Waals surface area contributed by atoms with Gasteiger partial charge in [-0.15, -0.1) is 0 Å². The highest BCUT2D eigenvalue weighted by molar-refractivity contribution is 5.78. The number of hydrogen-bond acceptors (Lipinski definition) is 4. The Morgan fingerprint density at radius 1 is 1.06 bits per heavy atom. The van der Waals surface area contributed by atoms with Crippen LogP contribution in [-0.4, -0.2) is 53.5 Å². The van der Waals surface area contributed by atoms with Crippen LogP contribution in [-0.2, 0) is 4.79 Å². The Kier molecular flexibility index (Phi) is 6.40. The van der Waals surface area contributed by atoms with Gasteiger partial charge >= 0.3 is 0 Å². The van der Waals surface area contributed by atoms with Crippen molar-refractivity contribution in [3.05, 3.63) is 95.7 Å². The van der Waals surface area contributed by atoms with Crippen molar-refractivity contribution in [2.45, 2.75) is 19.3 Å². The van der Waals surface area contributed by atoms with E-state index in [0.717, 1.165) is 28.2 Å². The number of amides is 1. The number of piperazine rings is 1. The number of para-hydroxylation sites is 2. The number of benzene rings is 2. The molecule has 7 heteroatoms. The van der Waals surface area contributed by atoms with Crippen LogP contribution in [0.2, 0.25) is 0 Å². The van der Waals surface area contributed by atoms with Gasteiger partial charge in [0, 0.05) is 56.5 Å². The molecule has 0 spiro atoms. The van der Waals surface area contributed by atoms with Crippen molar-refractivity contribution in [3.8, 4) is 5.75 Å². The molecular weight excluding hydrogens is 443 g/mol. The van der Waals surface area contributed by atoms with Crippen LogP contribution in [0, 0.1) is 12.7 Å². The molecule has 1 aliphatic rings. The quantitative estimate of drug-likeness (QED) is 0.410. The van der Waals surface area contributed by atoms with Gasteiger partial charge in [0.15, 0.2) is 0 Å². The minimum absolute atomic E-state index is 0.0659. The van der Waals surface area contributed by atoms with Crippen LogP contribution in [0.25, 0.3) is 5.65 Å². The van der Waals surface area contributed by atoms with E-state index in [2.05, 4.69) is 4.98 Å². The Morgan fingerprint density at radius 2 is 1.80 bits per heavy atom. The third-order valence-electron chi connectivity index (χ3n) is 6.77. The van der Waals surface area contributed by atoms with Gasteiger partial charge in [0.25, 0.3) is 0 Å². The summed E-state index contributed by atoms with van der Waals surface area (Å²) in [6, 6.07) is 18.7. The Labute approximate surface area is 204 Å². The van der Waals surface area contributed by atoms with Crippen molar-refractivity contribution in [2.75, 3.05) is 38.2 Å². The topological polar surface area (TPSA) is 50.1 Å². The molecule has 0 saturated carbocycles. The largest absolute Gasteiger partial charge is 0.496 e. The maximum Gasteiger partial charge on any atom is 0.223 e. The summed E-state index contributed by atoms with van der Waals surface area (Å²) in [5.74, 6) is 0.361. The van der Waals surface area contributed by atoms with Crippen LogP contribution in [0.15, 0.2) is 73.1 Å². The number of nitrogens with zero attached hydrogens (tertiary/aromatic N) is 4. The summed E-state index contributed by atoms with van der Waals surface area (Å²) in [6.45, 7) is 4.34. The van der Waals surface area contributed by atoms with Crippen molar-refractivity contribution in [2.24, 2.45) is 0 Å². The van der Waals surface area contributed by atoms with E-state index in [1.54, 1.807) is 19.2 Å². The predicted molar refractivity (Wildman–Crippen MR) is 135 cm³/mol. The number of aryl methyl sites for hydroxylation is 1. The second kappa shape index (κ2) is 9.78. The first-order chi connectivity index (χ1) is 17.0. The van der Waals surface area contributed by atoms with Gasteiger partial charge in [-0.1, -0.05) is 30.3 Å². The van der Waals surface area contributed by atoms with Crippen LogP contribution in [0.4, 0.5) is 10.1 Å². The molecular formula is C28H29FN4O2. The van der Waals surface area contributed by atoms with Crippen molar-refractivity contribution in [1.82, 2.24) is 14.3 Å². The van der Waals surface area contributed by atoms with Gasteiger partial charge in [0.2, 0.25) is 5.91 Å². The SMILES string of the molecule is COc1ccccc1C(CC(=O)N1CCN(c2ccccc2F)CC1)c1cnc2cc(C)ccn12. The normalized spacial score (nSPS) is 14.8. The fourth-order valence-corrected chi connectivity index (χ4v) is 4.90. The number of hydrogen-bond donors (Lipinski definition) is 0. The van der Waals surface area contributed by atoms with Crippen LogP contribution >= 0.6 is 0 Å². The number of carbonyl (C=O) groups excluding carboxylic acids is 1. The standard InChI is InChI=1S/C28H29FN4O2/c1-20-11-12-33-25(19-30-27(33)17-20)22(21-7-3-6-10-26(21)35-2)18-28(34)32-15-13-31(14-16-32)24-9-5-4-8-23(24)29/h3-12,17,19,22H,13-16,18H2,1-2H3. The zero-order valence-corrected chi connectivity index (χ0v) is 20.0. The molecule has 1 fully saturated rings. The molecule has 6 nitrogen and oxygen atoms in total. The molecule has 2 aromatic carbocycles. The van der Waals surface area contributed by atoms with Crippen LogP contribution in [0.1, 0.15) is 29.2 Å². The number of imidazole rings is 1. The molecule has 0 bridgehead atoms. The average Bonchev–Trinajstić information content (AvgIpc) is 3.30. The molecule has 5 rings (SSSR count). The fraction of sp³-hybridized carbons (Fsp3) is 0.286.